The van der Waals surface area contributed by atoms with Crippen LogP contribution in [0, 0.1) is 5.82 Å². The lowest BCUT2D eigenvalue weighted by atomic mass is 10.1. The van der Waals surface area contributed by atoms with Gasteiger partial charge in [-0.2, -0.15) is 0 Å². The van der Waals surface area contributed by atoms with Crippen molar-refractivity contribution in [2.24, 2.45) is 0 Å². The molecule has 30 heavy (non-hydrogen) atoms. The van der Waals surface area contributed by atoms with Crippen LogP contribution in [0.25, 0.3) is 17.1 Å². The molecule has 1 heterocycles. The maximum Gasteiger partial charge on any atom is 0.230 e. The van der Waals surface area contributed by atoms with Crippen LogP contribution in [0.5, 0.6) is 5.75 Å². The molecule has 3 aromatic rings. The molecule has 0 saturated heterocycles. The number of para-hydroxylation sites is 1. The third-order valence-corrected chi connectivity index (χ3v) is 4.93. The van der Waals surface area contributed by atoms with Crippen molar-refractivity contribution in [1.82, 2.24) is 20.1 Å². The number of rotatable bonds is 7. The number of ether oxygens (including phenoxy) is 1. The molecule has 8 heteroatoms. The van der Waals surface area contributed by atoms with Gasteiger partial charge in [0.1, 0.15) is 11.6 Å². The van der Waals surface area contributed by atoms with Crippen LogP contribution in [-0.2, 0) is 4.79 Å². The van der Waals surface area contributed by atoms with Gasteiger partial charge >= 0.3 is 0 Å². The Morgan fingerprint density at radius 3 is 2.47 bits per heavy atom. The quantitative estimate of drug-likeness (QED) is 0.562. The molecule has 0 saturated carbocycles. The summed E-state index contributed by atoms with van der Waals surface area (Å²) in [6, 6.07) is 13.8. The minimum Gasteiger partial charge on any atom is -0.494 e. The first-order valence-corrected chi connectivity index (χ1v) is 10.6. The predicted octanol–water partition coefficient (Wildman–Crippen LogP) is 4.48. The third-order valence-electron chi connectivity index (χ3n) is 4.00. The molecule has 1 aromatic heterocycles. The zero-order valence-electron chi connectivity index (χ0n) is 17.5. The highest BCUT2D eigenvalue weighted by molar-refractivity contribution is 7.99. The number of carbonyl (C=O) groups excluding carboxylic acids is 1. The fraction of sp³-hybridized carbons (Fsp3) is 0.318. The van der Waals surface area contributed by atoms with E-state index in [-0.39, 0.29) is 17.2 Å². The predicted molar refractivity (Wildman–Crippen MR) is 117 cm³/mol. The molecule has 0 spiro atoms. The summed E-state index contributed by atoms with van der Waals surface area (Å²) in [6.45, 7) is 8.24. The Hall–Kier alpha value is -2.87. The van der Waals surface area contributed by atoms with Gasteiger partial charge in [0, 0.05) is 11.1 Å². The first-order chi connectivity index (χ1) is 14.3. The second-order valence-electron chi connectivity index (χ2n) is 7.64. The van der Waals surface area contributed by atoms with Gasteiger partial charge in [-0.05, 0) is 64.1 Å². The van der Waals surface area contributed by atoms with Crippen LogP contribution in [-0.4, -0.2) is 38.6 Å². The maximum absolute atomic E-state index is 14.6. The van der Waals surface area contributed by atoms with Crippen molar-refractivity contribution >= 4 is 17.7 Å². The Morgan fingerprint density at radius 1 is 1.13 bits per heavy atom. The Balaban J connectivity index is 1.96. The van der Waals surface area contributed by atoms with E-state index in [0.717, 1.165) is 11.3 Å². The average Bonchev–Trinajstić information content (AvgIpc) is 3.10. The second kappa shape index (κ2) is 9.30. The molecule has 0 unspecified atom stereocenters. The smallest absolute Gasteiger partial charge is 0.230 e. The molecular weight excluding hydrogens is 403 g/mol. The van der Waals surface area contributed by atoms with Gasteiger partial charge in [-0.25, -0.2) is 4.39 Å². The number of amides is 1. The van der Waals surface area contributed by atoms with Gasteiger partial charge in [-0.3, -0.25) is 9.36 Å². The van der Waals surface area contributed by atoms with Crippen molar-refractivity contribution in [1.29, 1.82) is 0 Å². The number of hydrogen-bond donors (Lipinski definition) is 1. The molecule has 1 amide bonds. The molecule has 6 nitrogen and oxygen atoms in total. The number of benzene rings is 2. The lowest BCUT2D eigenvalue weighted by molar-refractivity contribution is -0.119. The summed E-state index contributed by atoms with van der Waals surface area (Å²) < 4.78 is 21.8. The standard InChI is InChI=1S/C22H25FN4O2S/c1-5-29-16-12-10-15(11-13-16)20-25-26-21(30-14-19(28)24-22(2,3)4)27(20)18-9-7-6-8-17(18)23/h6-13H,5,14H2,1-4H3,(H,24,28). The van der Waals surface area contributed by atoms with Crippen molar-refractivity contribution in [3.8, 4) is 22.8 Å². The van der Waals surface area contributed by atoms with E-state index >= 15 is 0 Å². The molecule has 0 aliphatic rings. The van der Waals surface area contributed by atoms with Crippen molar-refractivity contribution in [2.75, 3.05) is 12.4 Å². The molecule has 0 aliphatic carbocycles. The second-order valence-corrected chi connectivity index (χ2v) is 8.58. The summed E-state index contributed by atoms with van der Waals surface area (Å²) in [6.07, 6.45) is 0. The minimum absolute atomic E-state index is 0.127. The molecule has 0 atom stereocenters. The SMILES string of the molecule is CCOc1ccc(-c2nnc(SCC(=O)NC(C)(C)C)n2-c2ccccc2F)cc1. The fourth-order valence-electron chi connectivity index (χ4n) is 2.85. The van der Waals surface area contributed by atoms with Gasteiger partial charge in [0.05, 0.1) is 18.0 Å². The monoisotopic (exact) mass is 428 g/mol. The number of nitrogens with one attached hydrogen (secondary N) is 1. The third kappa shape index (κ3) is 5.38. The average molecular weight is 429 g/mol. The van der Waals surface area contributed by atoms with Crippen LogP contribution >= 0.6 is 11.8 Å². The van der Waals surface area contributed by atoms with E-state index < -0.39 is 5.82 Å². The summed E-state index contributed by atoms with van der Waals surface area (Å²) >= 11 is 1.21. The van der Waals surface area contributed by atoms with E-state index in [1.54, 1.807) is 22.8 Å². The molecule has 1 N–H and O–H groups in total. The number of hydrogen-bond acceptors (Lipinski definition) is 5. The fourth-order valence-corrected chi connectivity index (χ4v) is 3.60. The van der Waals surface area contributed by atoms with Gasteiger partial charge in [0.15, 0.2) is 11.0 Å². The largest absolute Gasteiger partial charge is 0.494 e. The molecule has 0 fully saturated rings. The highest BCUT2D eigenvalue weighted by Gasteiger charge is 2.20. The highest BCUT2D eigenvalue weighted by Crippen LogP contribution is 2.30. The minimum atomic E-state index is -0.398. The van der Waals surface area contributed by atoms with Crippen LogP contribution in [0.1, 0.15) is 27.7 Å². The van der Waals surface area contributed by atoms with E-state index in [9.17, 15) is 9.18 Å². The molecule has 2 aromatic carbocycles. The summed E-state index contributed by atoms with van der Waals surface area (Å²) in [5.41, 5.74) is 0.759. The van der Waals surface area contributed by atoms with Gasteiger partial charge in [-0.15, -0.1) is 10.2 Å². The summed E-state index contributed by atoms with van der Waals surface area (Å²) in [5.74, 6) is 0.852. The van der Waals surface area contributed by atoms with Crippen LogP contribution in [0.2, 0.25) is 0 Å². The summed E-state index contributed by atoms with van der Waals surface area (Å²) in [5, 5.41) is 11.9. The van der Waals surface area contributed by atoms with E-state index in [0.29, 0.717) is 23.3 Å². The van der Waals surface area contributed by atoms with Gasteiger partial charge in [-0.1, -0.05) is 23.9 Å². The first-order valence-electron chi connectivity index (χ1n) is 9.66. The molecule has 3 rings (SSSR count). The van der Waals surface area contributed by atoms with Crippen LogP contribution in [0.4, 0.5) is 4.39 Å². The van der Waals surface area contributed by atoms with Crippen LogP contribution < -0.4 is 10.1 Å². The molecule has 0 aliphatic heterocycles. The van der Waals surface area contributed by atoms with Crippen molar-refractivity contribution in [3.63, 3.8) is 0 Å². The Morgan fingerprint density at radius 2 is 1.83 bits per heavy atom. The first kappa shape index (κ1) is 21.8. The Labute approximate surface area is 179 Å². The zero-order valence-corrected chi connectivity index (χ0v) is 18.3. The van der Waals surface area contributed by atoms with E-state index in [1.165, 1.54) is 17.8 Å². The molecule has 0 bridgehead atoms. The summed E-state index contributed by atoms with van der Waals surface area (Å²) in [7, 11) is 0. The number of thioether (sulfide) groups is 1. The molecular formula is C22H25FN4O2S. The molecule has 158 valence electrons. The van der Waals surface area contributed by atoms with E-state index in [1.807, 2.05) is 52.0 Å². The number of aromatic nitrogens is 3. The van der Waals surface area contributed by atoms with Gasteiger partial charge in [0.2, 0.25) is 5.91 Å². The van der Waals surface area contributed by atoms with E-state index in [2.05, 4.69) is 15.5 Å². The maximum atomic E-state index is 14.6. The number of carbonyl (C=O) groups is 1. The van der Waals surface area contributed by atoms with Crippen molar-refractivity contribution < 1.29 is 13.9 Å². The zero-order chi connectivity index (χ0) is 21.7. The lowest BCUT2D eigenvalue weighted by Crippen LogP contribution is -2.41. The Kier molecular flexibility index (Phi) is 6.77. The number of halogens is 1. The van der Waals surface area contributed by atoms with Crippen LogP contribution in [0.15, 0.2) is 53.7 Å². The van der Waals surface area contributed by atoms with Crippen molar-refractivity contribution in [2.45, 2.75) is 38.4 Å². The lowest BCUT2D eigenvalue weighted by Gasteiger charge is -2.20. The topological polar surface area (TPSA) is 69.0 Å². The van der Waals surface area contributed by atoms with Crippen molar-refractivity contribution in [3.05, 3.63) is 54.3 Å². The number of nitrogens with zero attached hydrogens (tertiary/aromatic N) is 3. The normalized spacial score (nSPS) is 11.4. The Bertz CT molecular complexity index is 1010. The van der Waals surface area contributed by atoms with Gasteiger partial charge < -0.3 is 10.1 Å². The van der Waals surface area contributed by atoms with Crippen LogP contribution in [0.3, 0.4) is 0 Å². The highest BCUT2D eigenvalue weighted by atomic mass is 32.2. The summed E-state index contributed by atoms with van der Waals surface area (Å²) in [4.78, 5) is 12.2. The molecule has 0 radical (unpaired) electrons. The van der Waals surface area contributed by atoms with Gasteiger partial charge in [0.25, 0.3) is 0 Å². The van der Waals surface area contributed by atoms with E-state index in [4.69, 9.17) is 4.74 Å².